The highest BCUT2D eigenvalue weighted by atomic mass is 35.5. The Labute approximate surface area is 131 Å². The van der Waals surface area contributed by atoms with Crippen LogP contribution in [-0.2, 0) is 13.2 Å². The van der Waals surface area contributed by atoms with Crippen LogP contribution in [0.3, 0.4) is 0 Å². The number of rotatable bonds is 5. The molecule has 0 atom stereocenters. The van der Waals surface area contributed by atoms with Gasteiger partial charge in [-0.1, -0.05) is 23.2 Å². The van der Waals surface area contributed by atoms with Crippen molar-refractivity contribution in [2.24, 2.45) is 0 Å². The van der Waals surface area contributed by atoms with Crippen molar-refractivity contribution >= 4 is 23.2 Å². The fourth-order valence-electron chi connectivity index (χ4n) is 1.90. The standard InChI is InChI=1S/C15H13Cl2F2NO/c1-20-7-9-4-11(16)6-13(17)15(9)21-8-10-5-12(18)2-3-14(10)19/h2-6,20H,7-8H2,1H3. The number of hydrogen-bond acceptors (Lipinski definition) is 2. The normalized spacial score (nSPS) is 10.7. The Bertz CT molecular complexity index is 650. The van der Waals surface area contributed by atoms with E-state index >= 15 is 0 Å². The maximum Gasteiger partial charge on any atom is 0.142 e. The van der Waals surface area contributed by atoms with Crippen LogP contribution in [0.2, 0.25) is 10.0 Å². The van der Waals surface area contributed by atoms with Gasteiger partial charge in [-0.25, -0.2) is 8.78 Å². The molecule has 0 spiro atoms. The molecule has 2 nitrogen and oxygen atoms in total. The molecule has 0 heterocycles. The predicted octanol–water partition coefficient (Wildman–Crippen LogP) is 4.57. The van der Waals surface area contributed by atoms with Gasteiger partial charge in [-0.2, -0.15) is 0 Å². The molecule has 2 aromatic carbocycles. The van der Waals surface area contributed by atoms with Gasteiger partial charge in [0.1, 0.15) is 24.0 Å². The minimum Gasteiger partial charge on any atom is -0.487 e. The Balaban J connectivity index is 2.25. The Morgan fingerprint density at radius 3 is 2.57 bits per heavy atom. The molecule has 0 unspecified atom stereocenters. The first-order valence-corrected chi connectivity index (χ1v) is 6.96. The van der Waals surface area contributed by atoms with Gasteiger partial charge in [-0.05, 0) is 37.4 Å². The number of benzene rings is 2. The van der Waals surface area contributed by atoms with Gasteiger partial charge >= 0.3 is 0 Å². The zero-order valence-electron chi connectivity index (χ0n) is 11.2. The third-order valence-corrected chi connectivity index (χ3v) is 3.33. The average molecular weight is 332 g/mol. The first-order valence-electron chi connectivity index (χ1n) is 6.20. The number of hydrogen-bond donors (Lipinski definition) is 1. The van der Waals surface area contributed by atoms with Crippen molar-refractivity contribution in [2.45, 2.75) is 13.2 Å². The summed E-state index contributed by atoms with van der Waals surface area (Å²) in [6.07, 6.45) is 0. The van der Waals surface area contributed by atoms with E-state index in [0.29, 0.717) is 22.3 Å². The van der Waals surface area contributed by atoms with Gasteiger partial charge in [0.05, 0.1) is 5.02 Å². The van der Waals surface area contributed by atoms with E-state index < -0.39 is 11.6 Å². The van der Waals surface area contributed by atoms with E-state index in [1.807, 2.05) is 0 Å². The number of nitrogens with one attached hydrogen (secondary N) is 1. The summed E-state index contributed by atoms with van der Waals surface area (Å²) in [6, 6.07) is 6.46. The molecule has 2 rings (SSSR count). The molecule has 0 saturated heterocycles. The number of ether oxygens (including phenoxy) is 1. The lowest BCUT2D eigenvalue weighted by molar-refractivity contribution is 0.295. The molecule has 0 aromatic heterocycles. The summed E-state index contributed by atoms with van der Waals surface area (Å²) in [5, 5.41) is 3.77. The maximum atomic E-state index is 13.6. The molecule has 0 aliphatic carbocycles. The van der Waals surface area contributed by atoms with Gasteiger partial charge in [0, 0.05) is 22.7 Å². The Hall–Kier alpha value is -1.36. The van der Waals surface area contributed by atoms with Gasteiger partial charge in [-0.15, -0.1) is 0 Å². The molecule has 0 saturated carbocycles. The summed E-state index contributed by atoms with van der Waals surface area (Å²) in [5.41, 5.74) is 0.864. The van der Waals surface area contributed by atoms with Crippen LogP contribution in [0.15, 0.2) is 30.3 Å². The molecular weight excluding hydrogens is 319 g/mol. The van der Waals surface area contributed by atoms with E-state index in [0.717, 1.165) is 23.8 Å². The summed E-state index contributed by atoms with van der Waals surface area (Å²) in [4.78, 5) is 0. The van der Waals surface area contributed by atoms with Crippen molar-refractivity contribution in [3.8, 4) is 5.75 Å². The second-order valence-corrected chi connectivity index (χ2v) is 5.27. The van der Waals surface area contributed by atoms with E-state index in [1.54, 1.807) is 19.2 Å². The molecule has 0 amide bonds. The largest absolute Gasteiger partial charge is 0.487 e. The minimum atomic E-state index is -0.531. The van der Waals surface area contributed by atoms with Crippen LogP contribution in [0.1, 0.15) is 11.1 Å². The zero-order valence-corrected chi connectivity index (χ0v) is 12.7. The zero-order chi connectivity index (χ0) is 15.4. The van der Waals surface area contributed by atoms with Gasteiger partial charge in [-0.3, -0.25) is 0 Å². The van der Waals surface area contributed by atoms with Crippen molar-refractivity contribution < 1.29 is 13.5 Å². The molecule has 0 aliphatic heterocycles. The van der Waals surface area contributed by atoms with Crippen molar-refractivity contribution in [3.05, 3.63) is 63.1 Å². The average Bonchev–Trinajstić information content (AvgIpc) is 2.41. The minimum absolute atomic E-state index is 0.122. The SMILES string of the molecule is CNCc1cc(Cl)cc(Cl)c1OCc1cc(F)ccc1F. The fourth-order valence-corrected chi connectivity index (χ4v) is 2.49. The Morgan fingerprint density at radius 1 is 1.10 bits per heavy atom. The van der Waals surface area contributed by atoms with E-state index in [-0.39, 0.29) is 12.2 Å². The van der Waals surface area contributed by atoms with Crippen LogP contribution in [0.5, 0.6) is 5.75 Å². The Morgan fingerprint density at radius 2 is 1.86 bits per heavy atom. The molecule has 0 fully saturated rings. The van der Waals surface area contributed by atoms with Crippen LogP contribution in [0.25, 0.3) is 0 Å². The highest BCUT2D eigenvalue weighted by Gasteiger charge is 2.12. The van der Waals surface area contributed by atoms with E-state index in [1.165, 1.54) is 0 Å². The molecule has 21 heavy (non-hydrogen) atoms. The molecule has 0 aliphatic rings. The fraction of sp³-hybridized carbons (Fsp3) is 0.200. The molecule has 6 heteroatoms. The molecule has 0 bridgehead atoms. The third kappa shape index (κ3) is 4.06. The highest BCUT2D eigenvalue weighted by molar-refractivity contribution is 6.35. The summed E-state index contributed by atoms with van der Waals surface area (Å²) < 4.78 is 32.3. The third-order valence-electron chi connectivity index (χ3n) is 2.83. The van der Waals surface area contributed by atoms with Crippen molar-refractivity contribution in [1.82, 2.24) is 5.32 Å². The van der Waals surface area contributed by atoms with Crippen LogP contribution in [0, 0.1) is 11.6 Å². The predicted molar refractivity (Wildman–Crippen MR) is 79.9 cm³/mol. The smallest absolute Gasteiger partial charge is 0.142 e. The van der Waals surface area contributed by atoms with E-state index in [2.05, 4.69) is 5.32 Å². The van der Waals surface area contributed by atoms with E-state index in [9.17, 15) is 8.78 Å². The Kier molecular flexibility index (Phi) is 5.39. The van der Waals surface area contributed by atoms with Crippen molar-refractivity contribution in [1.29, 1.82) is 0 Å². The molecule has 0 radical (unpaired) electrons. The first kappa shape index (κ1) is 16.0. The number of halogens is 4. The molecule has 1 N–H and O–H groups in total. The monoisotopic (exact) mass is 331 g/mol. The molecule has 112 valence electrons. The van der Waals surface area contributed by atoms with E-state index in [4.69, 9.17) is 27.9 Å². The van der Waals surface area contributed by atoms with Gasteiger partial charge in [0.25, 0.3) is 0 Å². The second-order valence-electron chi connectivity index (χ2n) is 4.43. The first-order chi connectivity index (χ1) is 10.0. The summed E-state index contributed by atoms with van der Waals surface area (Å²) in [6.45, 7) is 0.364. The quantitative estimate of drug-likeness (QED) is 0.866. The van der Waals surface area contributed by atoms with Crippen LogP contribution in [0.4, 0.5) is 8.78 Å². The lowest BCUT2D eigenvalue weighted by atomic mass is 10.2. The molecular formula is C15H13Cl2F2NO. The van der Waals surface area contributed by atoms with Crippen LogP contribution < -0.4 is 10.1 Å². The van der Waals surface area contributed by atoms with Gasteiger partial charge in [0.2, 0.25) is 0 Å². The summed E-state index contributed by atoms with van der Waals surface area (Å²) in [5.74, 6) is -0.650. The molecule has 2 aromatic rings. The van der Waals surface area contributed by atoms with Crippen LogP contribution in [-0.4, -0.2) is 7.05 Å². The van der Waals surface area contributed by atoms with Crippen molar-refractivity contribution in [3.63, 3.8) is 0 Å². The summed E-state index contributed by atoms with van der Waals surface area (Å²) in [7, 11) is 1.77. The lowest BCUT2D eigenvalue weighted by Crippen LogP contribution is -2.08. The van der Waals surface area contributed by atoms with Gasteiger partial charge < -0.3 is 10.1 Å². The van der Waals surface area contributed by atoms with Gasteiger partial charge in [0.15, 0.2) is 0 Å². The van der Waals surface area contributed by atoms with Crippen LogP contribution >= 0.6 is 23.2 Å². The lowest BCUT2D eigenvalue weighted by Gasteiger charge is -2.14. The van der Waals surface area contributed by atoms with Crippen molar-refractivity contribution in [2.75, 3.05) is 7.05 Å². The topological polar surface area (TPSA) is 21.3 Å². The maximum absolute atomic E-state index is 13.6. The second kappa shape index (κ2) is 7.07. The summed E-state index contributed by atoms with van der Waals surface area (Å²) >= 11 is 12.0. The highest BCUT2D eigenvalue weighted by Crippen LogP contribution is 2.33.